The highest BCUT2D eigenvalue weighted by Crippen LogP contribution is 2.29. The number of aromatic nitrogens is 1. The number of amides is 1. The molecule has 0 spiro atoms. The topological polar surface area (TPSA) is 81.9 Å². The maximum absolute atomic E-state index is 12.5. The lowest BCUT2D eigenvalue weighted by Gasteiger charge is -2.34. The summed E-state index contributed by atoms with van der Waals surface area (Å²) >= 11 is 0. The average molecular weight is 443 g/mol. The maximum Gasteiger partial charge on any atom is 0.409 e. The van der Waals surface area contributed by atoms with Crippen LogP contribution in [-0.2, 0) is 20.7 Å². The second-order valence-corrected chi connectivity index (χ2v) is 8.35. The normalized spacial score (nSPS) is 15.4. The van der Waals surface area contributed by atoms with Crippen molar-refractivity contribution in [1.82, 2.24) is 9.88 Å². The van der Waals surface area contributed by atoms with Gasteiger partial charge in [-0.15, -0.1) is 0 Å². The van der Waals surface area contributed by atoms with E-state index in [-0.39, 0.29) is 30.5 Å². The molecule has 0 bridgehead atoms. The first kappa shape index (κ1) is 23.8. The standard InChI is InChI=1S/C25H34N2O5/c1-5-21(24(28)30-6-2)19-10-13-27(14-11-19)25(29)31-15-12-22-18(4)32-23(26-22)20-9-7-8-17(3)16-20/h7-9,16,19,21H,5-6,10-15H2,1-4H3. The van der Waals surface area contributed by atoms with E-state index < -0.39 is 0 Å². The molecule has 1 aliphatic rings. The molecule has 1 saturated heterocycles. The van der Waals surface area contributed by atoms with Crippen LogP contribution in [0.3, 0.4) is 0 Å². The molecule has 1 unspecified atom stereocenters. The largest absolute Gasteiger partial charge is 0.466 e. The van der Waals surface area contributed by atoms with Gasteiger partial charge in [0.15, 0.2) is 0 Å². The molecule has 1 aromatic carbocycles. The molecule has 0 aliphatic carbocycles. The van der Waals surface area contributed by atoms with Gasteiger partial charge < -0.3 is 18.8 Å². The predicted octanol–water partition coefficient (Wildman–Crippen LogP) is 4.94. The van der Waals surface area contributed by atoms with E-state index in [4.69, 9.17) is 13.9 Å². The molecule has 1 atom stereocenters. The summed E-state index contributed by atoms with van der Waals surface area (Å²) in [6.07, 6.45) is 2.52. The molecule has 32 heavy (non-hydrogen) atoms. The molecule has 7 heteroatoms. The Morgan fingerprint density at radius 3 is 2.59 bits per heavy atom. The number of esters is 1. The average Bonchev–Trinajstić information content (AvgIpc) is 3.15. The zero-order chi connectivity index (χ0) is 23.1. The van der Waals surface area contributed by atoms with E-state index in [0.29, 0.717) is 32.0 Å². The van der Waals surface area contributed by atoms with Gasteiger partial charge in [-0.1, -0.05) is 24.6 Å². The highest BCUT2D eigenvalue weighted by molar-refractivity contribution is 5.73. The van der Waals surface area contributed by atoms with Crippen LogP contribution in [0.4, 0.5) is 4.79 Å². The minimum Gasteiger partial charge on any atom is -0.466 e. The van der Waals surface area contributed by atoms with E-state index in [2.05, 4.69) is 4.98 Å². The molecule has 174 valence electrons. The van der Waals surface area contributed by atoms with E-state index in [1.54, 1.807) is 4.90 Å². The second-order valence-electron chi connectivity index (χ2n) is 8.35. The first-order valence-corrected chi connectivity index (χ1v) is 11.5. The molecule has 1 aromatic heterocycles. The van der Waals surface area contributed by atoms with Gasteiger partial charge in [-0.25, -0.2) is 9.78 Å². The number of carbonyl (C=O) groups is 2. The molecule has 0 radical (unpaired) electrons. The number of carbonyl (C=O) groups excluding carboxylic acids is 2. The summed E-state index contributed by atoms with van der Waals surface area (Å²) in [5.41, 5.74) is 2.88. The second kappa shape index (κ2) is 11.2. The minimum absolute atomic E-state index is 0.0918. The Balaban J connectivity index is 1.46. The fourth-order valence-corrected chi connectivity index (χ4v) is 4.31. The Bertz CT molecular complexity index is 915. The number of ether oxygens (including phenoxy) is 2. The first-order chi connectivity index (χ1) is 15.4. The Kier molecular flexibility index (Phi) is 8.31. The molecule has 2 aromatic rings. The Morgan fingerprint density at radius 2 is 1.94 bits per heavy atom. The third-order valence-electron chi connectivity index (χ3n) is 6.12. The summed E-state index contributed by atoms with van der Waals surface area (Å²) in [5, 5.41) is 0. The first-order valence-electron chi connectivity index (χ1n) is 11.5. The van der Waals surface area contributed by atoms with Crippen LogP contribution in [0.25, 0.3) is 11.5 Å². The number of hydrogen-bond acceptors (Lipinski definition) is 6. The van der Waals surface area contributed by atoms with Crippen molar-refractivity contribution in [1.29, 1.82) is 0 Å². The monoisotopic (exact) mass is 442 g/mol. The van der Waals surface area contributed by atoms with Gasteiger partial charge in [0, 0.05) is 25.1 Å². The zero-order valence-corrected chi connectivity index (χ0v) is 19.6. The van der Waals surface area contributed by atoms with Crippen molar-refractivity contribution in [2.75, 3.05) is 26.3 Å². The molecule has 0 N–H and O–H groups in total. The summed E-state index contributed by atoms with van der Waals surface area (Å²) in [4.78, 5) is 31.0. The van der Waals surface area contributed by atoms with Crippen LogP contribution in [0, 0.1) is 25.7 Å². The quantitative estimate of drug-likeness (QED) is 0.539. The fraction of sp³-hybridized carbons (Fsp3) is 0.560. The number of rotatable bonds is 8. The number of aryl methyl sites for hydroxylation is 2. The van der Waals surface area contributed by atoms with Crippen LogP contribution in [0.1, 0.15) is 50.1 Å². The van der Waals surface area contributed by atoms with Gasteiger partial charge in [-0.2, -0.15) is 0 Å². The van der Waals surface area contributed by atoms with Crippen LogP contribution in [0.15, 0.2) is 28.7 Å². The summed E-state index contributed by atoms with van der Waals surface area (Å²) < 4.78 is 16.5. The van der Waals surface area contributed by atoms with E-state index in [1.165, 1.54) is 0 Å². The number of hydrogen-bond donors (Lipinski definition) is 0. The summed E-state index contributed by atoms with van der Waals surface area (Å²) in [6, 6.07) is 8.01. The van der Waals surface area contributed by atoms with Gasteiger partial charge in [0.25, 0.3) is 0 Å². The molecule has 2 heterocycles. The van der Waals surface area contributed by atoms with Crippen molar-refractivity contribution in [2.45, 2.75) is 53.4 Å². The van der Waals surface area contributed by atoms with Crippen molar-refractivity contribution in [3.8, 4) is 11.5 Å². The highest BCUT2D eigenvalue weighted by Gasteiger charge is 2.32. The van der Waals surface area contributed by atoms with Crippen LogP contribution >= 0.6 is 0 Å². The van der Waals surface area contributed by atoms with E-state index in [0.717, 1.165) is 41.8 Å². The molecule has 0 saturated carbocycles. The molecule has 3 rings (SSSR count). The Labute approximate surface area is 190 Å². The minimum atomic E-state index is -0.312. The van der Waals surface area contributed by atoms with Crippen molar-refractivity contribution < 1.29 is 23.5 Å². The maximum atomic E-state index is 12.5. The van der Waals surface area contributed by atoms with Crippen LogP contribution in [-0.4, -0.2) is 48.2 Å². The molecule has 1 aliphatic heterocycles. The van der Waals surface area contributed by atoms with Crippen LogP contribution in [0.5, 0.6) is 0 Å². The van der Waals surface area contributed by atoms with Crippen molar-refractivity contribution in [2.24, 2.45) is 11.8 Å². The van der Waals surface area contributed by atoms with E-state index in [9.17, 15) is 9.59 Å². The predicted molar refractivity (Wildman–Crippen MR) is 121 cm³/mol. The van der Waals surface area contributed by atoms with Crippen molar-refractivity contribution >= 4 is 12.1 Å². The van der Waals surface area contributed by atoms with Gasteiger partial charge in [0.05, 0.1) is 24.8 Å². The van der Waals surface area contributed by atoms with Crippen molar-refractivity contribution in [3.05, 3.63) is 41.3 Å². The lowest BCUT2D eigenvalue weighted by Crippen LogP contribution is -2.42. The number of benzene rings is 1. The summed E-state index contributed by atoms with van der Waals surface area (Å²) in [5.74, 6) is 1.36. The van der Waals surface area contributed by atoms with E-state index >= 15 is 0 Å². The third-order valence-corrected chi connectivity index (χ3v) is 6.12. The smallest absolute Gasteiger partial charge is 0.409 e. The molecular formula is C25H34N2O5. The van der Waals surface area contributed by atoms with Gasteiger partial charge >= 0.3 is 12.1 Å². The Morgan fingerprint density at radius 1 is 1.19 bits per heavy atom. The van der Waals surface area contributed by atoms with Gasteiger partial charge in [0.2, 0.25) is 5.89 Å². The summed E-state index contributed by atoms with van der Waals surface area (Å²) in [7, 11) is 0. The van der Waals surface area contributed by atoms with Crippen LogP contribution < -0.4 is 0 Å². The summed E-state index contributed by atoms with van der Waals surface area (Å²) in [6.45, 7) is 9.59. The SMILES string of the molecule is CCOC(=O)C(CC)C1CCN(C(=O)OCCc2nc(-c3cccc(C)c3)oc2C)CC1. The molecule has 7 nitrogen and oxygen atoms in total. The number of nitrogens with zero attached hydrogens (tertiary/aromatic N) is 2. The van der Waals surface area contributed by atoms with Gasteiger partial charge in [-0.3, -0.25) is 4.79 Å². The highest BCUT2D eigenvalue weighted by atomic mass is 16.6. The lowest BCUT2D eigenvalue weighted by atomic mass is 9.83. The number of piperidine rings is 1. The third kappa shape index (κ3) is 5.90. The van der Waals surface area contributed by atoms with Gasteiger partial charge in [0.1, 0.15) is 5.76 Å². The van der Waals surface area contributed by atoms with Crippen molar-refractivity contribution in [3.63, 3.8) is 0 Å². The molecule has 1 fully saturated rings. The fourth-order valence-electron chi connectivity index (χ4n) is 4.31. The Hall–Kier alpha value is -2.83. The number of oxazole rings is 1. The molecule has 1 amide bonds. The van der Waals surface area contributed by atoms with E-state index in [1.807, 2.05) is 52.0 Å². The molecular weight excluding hydrogens is 408 g/mol. The zero-order valence-electron chi connectivity index (χ0n) is 19.6. The lowest BCUT2D eigenvalue weighted by molar-refractivity contribution is -0.150. The van der Waals surface area contributed by atoms with Gasteiger partial charge in [-0.05, 0) is 58.1 Å². The van der Waals surface area contributed by atoms with Crippen LogP contribution in [0.2, 0.25) is 0 Å². The number of likely N-dealkylation sites (tertiary alicyclic amines) is 1.